The lowest BCUT2D eigenvalue weighted by atomic mass is 9.74. The highest BCUT2D eigenvalue weighted by molar-refractivity contribution is 6.06. The van der Waals surface area contributed by atoms with Crippen molar-refractivity contribution in [2.24, 2.45) is 5.41 Å². The highest BCUT2D eigenvalue weighted by atomic mass is 16.6. The molecule has 158 valence electrons. The Morgan fingerprint density at radius 2 is 1.76 bits per heavy atom. The molecule has 2 rings (SSSR count). The van der Waals surface area contributed by atoms with Gasteiger partial charge in [0.15, 0.2) is 11.5 Å². The van der Waals surface area contributed by atoms with Crippen molar-refractivity contribution in [3.63, 3.8) is 0 Å². The van der Waals surface area contributed by atoms with Crippen molar-refractivity contribution in [3.8, 4) is 11.5 Å². The van der Waals surface area contributed by atoms with E-state index in [0.717, 1.165) is 20.3 Å². The Hall–Kier alpha value is -3.07. The minimum absolute atomic E-state index is 0.0597. The number of ether oxygens (including phenoxy) is 6. The van der Waals surface area contributed by atoms with Gasteiger partial charge in [0.2, 0.25) is 5.41 Å². The van der Waals surface area contributed by atoms with Crippen LogP contribution in [0.2, 0.25) is 0 Å². The minimum Gasteiger partial charge on any atom is -0.493 e. The second-order valence-electron chi connectivity index (χ2n) is 5.99. The molecule has 1 aliphatic rings. The van der Waals surface area contributed by atoms with Crippen molar-refractivity contribution in [2.75, 3.05) is 41.7 Å². The van der Waals surface area contributed by atoms with Gasteiger partial charge in [0.25, 0.3) is 0 Å². The van der Waals surface area contributed by atoms with Crippen molar-refractivity contribution < 1.29 is 42.8 Å². The van der Waals surface area contributed by atoms with Gasteiger partial charge >= 0.3 is 17.9 Å². The van der Waals surface area contributed by atoms with Crippen molar-refractivity contribution in [3.05, 3.63) is 35.4 Å². The lowest BCUT2D eigenvalue weighted by Crippen LogP contribution is -2.45. The first-order valence-electron chi connectivity index (χ1n) is 8.79. The fourth-order valence-electron chi connectivity index (χ4n) is 3.39. The van der Waals surface area contributed by atoms with Gasteiger partial charge in [-0.05, 0) is 18.6 Å². The van der Waals surface area contributed by atoms with Crippen LogP contribution in [0.15, 0.2) is 29.8 Å². The molecule has 0 radical (unpaired) electrons. The van der Waals surface area contributed by atoms with Crippen LogP contribution in [-0.2, 0) is 33.3 Å². The van der Waals surface area contributed by atoms with Crippen LogP contribution in [0.3, 0.4) is 0 Å². The standard InChI is InChI=1S/C20H24O9/c1-6-28-15(21)10-12-11-29-17(20(12,18(22)26-4)19(23)27-5)13-8-7-9-14(24-2)16(13)25-3/h7-10,17H,6,11H2,1-5H3/b12-10+/t17-/m0/s1. The van der Waals surface area contributed by atoms with E-state index in [1.807, 2.05) is 0 Å². The largest absolute Gasteiger partial charge is 0.493 e. The monoisotopic (exact) mass is 408 g/mol. The van der Waals surface area contributed by atoms with E-state index in [-0.39, 0.29) is 24.5 Å². The zero-order valence-electron chi connectivity index (χ0n) is 17.0. The fourth-order valence-corrected chi connectivity index (χ4v) is 3.39. The number of rotatable bonds is 7. The molecule has 1 aromatic carbocycles. The van der Waals surface area contributed by atoms with Gasteiger partial charge in [0, 0.05) is 11.6 Å². The summed E-state index contributed by atoms with van der Waals surface area (Å²) in [5, 5.41) is 0. The maximum absolute atomic E-state index is 13.0. The van der Waals surface area contributed by atoms with Crippen LogP contribution in [-0.4, -0.2) is 59.6 Å². The molecular weight excluding hydrogens is 384 g/mol. The third-order valence-corrected chi connectivity index (χ3v) is 4.61. The highest BCUT2D eigenvalue weighted by Crippen LogP contribution is 2.53. The van der Waals surface area contributed by atoms with Crippen LogP contribution >= 0.6 is 0 Å². The van der Waals surface area contributed by atoms with Crippen LogP contribution in [0.5, 0.6) is 11.5 Å². The lowest BCUT2D eigenvalue weighted by molar-refractivity contribution is -0.171. The summed E-state index contributed by atoms with van der Waals surface area (Å²) in [5.74, 6) is -1.95. The molecule has 0 aliphatic carbocycles. The van der Waals surface area contributed by atoms with Crippen molar-refractivity contribution in [1.29, 1.82) is 0 Å². The van der Waals surface area contributed by atoms with E-state index in [4.69, 9.17) is 28.4 Å². The molecule has 0 bridgehead atoms. The van der Waals surface area contributed by atoms with E-state index in [1.54, 1.807) is 25.1 Å². The summed E-state index contributed by atoms with van der Waals surface area (Å²) >= 11 is 0. The van der Waals surface area contributed by atoms with Crippen molar-refractivity contribution in [1.82, 2.24) is 0 Å². The fraction of sp³-hybridized carbons (Fsp3) is 0.450. The average molecular weight is 408 g/mol. The zero-order valence-corrected chi connectivity index (χ0v) is 17.0. The molecule has 0 aromatic heterocycles. The predicted octanol–water partition coefficient (Wildman–Crippen LogP) is 1.60. The molecule has 1 aliphatic heterocycles. The Labute approximate surface area is 168 Å². The summed E-state index contributed by atoms with van der Waals surface area (Å²) in [6.45, 7) is 1.56. The van der Waals surface area contributed by atoms with Gasteiger partial charge in [-0.3, -0.25) is 9.59 Å². The van der Waals surface area contributed by atoms with Gasteiger partial charge in [-0.25, -0.2) is 4.79 Å². The van der Waals surface area contributed by atoms with Crippen LogP contribution in [0, 0.1) is 5.41 Å². The third kappa shape index (κ3) is 3.77. The van der Waals surface area contributed by atoms with E-state index < -0.39 is 29.4 Å². The van der Waals surface area contributed by atoms with E-state index in [9.17, 15) is 14.4 Å². The molecular formula is C20H24O9. The Bertz CT molecular complexity index is 796. The van der Waals surface area contributed by atoms with Crippen LogP contribution in [0.4, 0.5) is 0 Å². The number of methoxy groups -OCH3 is 4. The molecule has 9 heteroatoms. The van der Waals surface area contributed by atoms with Crippen LogP contribution < -0.4 is 9.47 Å². The second kappa shape index (κ2) is 9.42. The smallest absolute Gasteiger partial charge is 0.330 e. The Morgan fingerprint density at radius 3 is 2.28 bits per heavy atom. The second-order valence-corrected chi connectivity index (χ2v) is 5.99. The highest BCUT2D eigenvalue weighted by Gasteiger charge is 2.63. The average Bonchev–Trinajstić information content (AvgIpc) is 3.11. The number of carbonyl (C=O) groups is 3. The van der Waals surface area contributed by atoms with Gasteiger partial charge < -0.3 is 28.4 Å². The number of hydrogen-bond donors (Lipinski definition) is 0. The van der Waals surface area contributed by atoms with Gasteiger partial charge in [-0.15, -0.1) is 0 Å². The number of esters is 3. The molecule has 0 spiro atoms. The molecule has 0 saturated carbocycles. The summed E-state index contributed by atoms with van der Waals surface area (Å²) in [5.41, 5.74) is -1.64. The SMILES string of the molecule is CCOC(=O)/C=C1\CO[C@@H](c2cccc(OC)c2OC)C1(C(=O)OC)C(=O)OC. The van der Waals surface area contributed by atoms with E-state index in [2.05, 4.69) is 0 Å². The predicted molar refractivity (Wildman–Crippen MR) is 99.4 cm³/mol. The number of hydrogen-bond acceptors (Lipinski definition) is 9. The number of benzene rings is 1. The summed E-state index contributed by atoms with van der Waals surface area (Å²) in [6.07, 6.45) is -0.127. The third-order valence-electron chi connectivity index (χ3n) is 4.61. The summed E-state index contributed by atoms with van der Waals surface area (Å²) in [6, 6.07) is 4.94. The maximum atomic E-state index is 13.0. The van der Waals surface area contributed by atoms with Gasteiger partial charge in [-0.2, -0.15) is 0 Å². The van der Waals surface area contributed by atoms with E-state index in [0.29, 0.717) is 11.3 Å². The molecule has 1 heterocycles. The normalized spacial score (nSPS) is 18.8. The Kier molecular flexibility index (Phi) is 7.22. The first-order chi connectivity index (χ1) is 13.9. The topological polar surface area (TPSA) is 107 Å². The lowest BCUT2D eigenvalue weighted by Gasteiger charge is -2.30. The Morgan fingerprint density at radius 1 is 1.10 bits per heavy atom. The molecule has 1 aromatic rings. The summed E-state index contributed by atoms with van der Waals surface area (Å²) < 4.78 is 31.3. The van der Waals surface area contributed by atoms with E-state index in [1.165, 1.54) is 14.2 Å². The molecule has 1 atom stereocenters. The van der Waals surface area contributed by atoms with Crippen molar-refractivity contribution >= 4 is 17.9 Å². The maximum Gasteiger partial charge on any atom is 0.330 e. The van der Waals surface area contributed by atoms with Crippen molar-refractivity contribution in [2.45, 2.75) is 13.0 Å². The summed E-state index contributed by atoms with van der Waals surface area (Å²) in [7, 11) is 5.14. The molecule has 9 nitrogen and oxygen atoms in total. The molecule has 1 saturated heterocycles. The number of carbonyl (C=O) groups excluding carboxylic acids is 3. The minimum atomic E-state index is -2.06. The van der Waals surface area contributed by atoms with Crippen LogP contribution in [0.25, 0.3) is 0 Å². The number of para-hydroxylation sites is 1. The quantitative estimate of drug-likeness (QED) is 0.288. The van der Waals surface area contributed by atoms with Gasteiger partial charge in [0.1, 0.15) is 6.10 Å². The molecule has 1 fully saturated rings. The first-order valence-corrected chi connectivity index (χ1v) is 8.79. The summed E-state index contributed by atoms with van der Waals surface area (Å²) in [4.78, 5) is 38.0. The molecule has 29 heavy (non-hydrogen) atoms. The Balaban J connectivity index is 2.77. The van der Waals surface area contributed by atoms with Crippen LogP contribution in [0.1, 0.15) is 18.6 Å². The molecule has 0 N–H and O–H groups in total. The van der Waals surface area contributed by atoms with Gasteiger partial charge in [-0.1, -0.05) is 12.1 Å². The molecule has 0 unspecified atom stereocenters. The molecule has 0 amide bonds. The van der Waals surface area contributed by atoms with E-state index >= 15 is 0 Å². The van der Waals surface area contributed by atoms with Gasteiger partial charge in [0.05, 0.1) is 41.7 Å². The zero-order chi connectivity index (χ0) is 21.6. The first kappa shape index (κ1) is 22.2.